The lowest BCUT2D eigenvalue weighted by atomic mass is 10.1. The molecule has 3 aromatic rings. The van der Waals surface area contributed by atoms with E-state index < -0.39 is 0 Å². The van der Waals surface area contributed by atoms with Crippen LogP contribution in [0, 0.1) is 13.8 Å². The summed E-state index contributed by atoms with van der Waals surface area (Å²) in [5.74, 6) is 1.15. The molecule has 0 radical (unpaired) electrons. The number of aryl methyl sites for hydroxylation is 2. The molecular weight excluding hydrogens is 374 g/mol. The van der Waals surface area contributed by atoms with Crippen LogP contribution in [0.1, 0.15) is 33.1 Å². The van der Waals surface area contributed by atoms with Gasteiger partial charge in [-0.1, -0.05) is 17.3 Å². The molecule has 0 unspecified atom stereocenters. The van der Waals surface area contributed by atoms with Crippen LogP contribution in [0.2, 0.25) is 0 Å². The molecule has 152 valence electrons. The Hall–Kier alpha value is -3.55. The Balaban J connectivity index is 1.61. The van der Waals surface area contributed by atoms with Crippen molar-refractivity contribution >= 4 is 11.8 Å². The average molecular weight is 397 g/mol. The minimum Gasteiger partial charge on any atom is -0.488 e. The normalized spacial score (nSPS) is 10.6. The van der Waals surface area contributed by atoms with Crippen molar-refractivity contribution in [2.24, 2.45) is 0 Å². The number of carbonyl (C=O) groups is 2. The van der Waals surface area contributed by atoms with Gasteiger partial charge >= 0.3 is 0 Å². The Labute approximate surface area is 168 Å². The number of likely N-dealkylation sites (N-methyl/N-ethyl adjacent to an activating group) is 1. The zero-order chi connectivity index (χ0) is 20.8. The van der Waals surface area contributed by atoms with Crippen LogP contribution in [-0.2, 0) is 17.9 Å². The fourth-order valence-corrected chi connectivity index (χ4v) is 2.77. The molecule has 8 nitrogen and oxygen atoms in total. The topological polar surface area (TPSA) is 97.8 Å². The molecule has 29 heavy (non-hydrogen) atoms. The highest BCUT2D eigenvalue weighted by Crippen LogP contribution is 2.22. The van der Waals surface area contributed by atoms with Crippen LogP contribution in [-0.4, -0.2) is 35.5 Å². The van der Waals surface area contributed by atoms with E-state index in [4.69, 9.17) is 13.7 Å². The predicted molar refractivity (Wildman–Crippen MR) is 104 cm³/mol. The minimum atomic E-state index is -0.312. The van der Waals surface area contributed by atoms with Gasteiger partial charge in [0.25, 0.3) is 5.91 Å². The maximum Gasteiger partial charge on any atom is 0.257 e. The number of ether oxygens (including phenoxy) is 1. The summed E-state index contributed by atoms with van der Waals surface area (Å²) >= 11 is 0. The van der Waals surface area contributed by atoms with Crippen molar-refractivity contribution in [2.45, 2.75) is 27.0 Å². The van der Waals surface area contributed by atoms with Crippen molar-refractivity contribution < 1.29 is 23.3 Å². The molecule has 1 N–H and O–H groups in total. The highest BCUT2D eigenvalue weighted by molar-refractivity contribution is 5.98. The van der Waals surface area contributed by atoms with E-state index in [1.165, 1.54) is 11.2 Å². The summed E-state index contributed by atoms with van der Waals surface area (Å²) in [6.45, 7) is 4.06. The molecule has 8 heteroatoms. The molecule has 0 saturated heterocycles. The predicted octanol–water partition coefficient (Wildman–Crippen LogP) is 2.85. The molecular formula is C21H23N3O5. The molecule has 3 rings (SSSR count). The number of rotatable bonds is 8. The third-order valence-corrected chi connectivity index (χ3v) is 4.44. The van der Waals surface area contributed by atoms with Crippen molar-refractivity contribution in [3.05, 3.63) is 71.0 Å². The second-order valence-corrected chi connectivity index (χ2v) is 6.60. The molecule has 1 aromatic carbocycles. The Morgan fingerprint density at radius 2 is 1.97 bits per heavy atom. The Morgan fingerprint density at radius 3 is 2.66 bits per heavy atom. The molecule has 0 spiro atoms. The molecule has 0 saturated carbocycles. The van der Waals surface area contributed by atoms with E-state index in [1.807, 2.05) is 13.8 Å². The van der Waals surface area contributed by atoms with Crippen LogP contribution >= 0.6 is 0 Å². The Bertz CT molecular complexity index is 959. The molecule has 0 fully saturated rings. The zero-order valence-corrected chi connectivity index (χ0v) is 16.6. The number of benzene rings is 1. The fourth-order valence-electron chi connectivity index (χ4n) is 2.77. The van der Waals surface area contributed by atoms with Crippen LogP contribution in [0.25, 0.3) is 0 Å². The first-order valence-electron chi connectivity index (χ1n) is 9.14. The zero-order valence-electron chi connectivity index (χ0n) is 16.6. The van der Waals surface area contributed by atoms with E-state index in [-0.39, 0.29) is 31.5 Å². The summed E-state index contributed by atoms with van der Waals surface area (Å²) in [6.07, 6.45) is 1.54. The lowest BCUT2D eigenvalue weighted by Gasteiger charge is -2.18. The van der Waals surface area contributed by atoms with Gasteiger partial charge in [-0.2, -0.15) is 0 Å². The summed E-state index contributed by atoms with van der Waals surface area (Å²) in [6, 6.07) is 10.4. The molecule has 2 aromatic heterocycles. The van der Waals surface area contributed by atoms with Crippen molar-refractivity contribution in [2.75, 3.05) is 13.6 Å². The fraction of sp³-hybridized carbons (Fsp3) is 0.286. The number of carbonyl (C=O) groups excluding carboxylic acids is 2. The van der Waals surface area contributed by atoms with E-state index in [0.717, 1.165) is 11.3 Å². The lowest BCUT2D eigenvalue weighted by Crippen LogP contribution is -2.38. The summed E-state index contributed by atoms with van der Waals surface area (Å²) in [4.78, 5) is 26.3. The SMILES string of the molecule is Cc1noc(C)c1COc1ccccc1C(=O)N(C)CC(=O)NCc1ccco1. The van der Waals surface area contributed by atoms with Gasteiger partial charge in [0, 0.05) is 7.05 Å². The number of nitrogens with zero attached hydrogens (tertiary/aromatic N) is 2. The molecule has 0 atom stereocenters. The van der Waals surface area contributed by atoms with Gasteiger partial charge in [-0.3, -0.25) is 9.59 Å². The highest BCUT2D eigenvalue weighted by atomic mass is 16.5. The van der Waals surface area contributed by atoms with E-state index in [0.29, 0.717) is 22.8 Å². The van der Waals surface area contributed by atoms with Crippen molar-refractivity contribution in [1.29, 1.82) is 0 Å². The second-order valence-electron chi connectivity index (χ2n) is 6.60. The largest absolute Gasteiger partial charge is 0.488 e. The van der Waals surface area contributed by atoms with Gasteiger partial charge in [0.05, 0.1) is 36.2 Å². The number of hydrogen-bond acceptors (Lipinski definition) is 6. The van der Waals surface area contributed by atoms with E-state index in [2.05, 4.69) is 10.5 Å². The number of hydrogen-bond donors (Lipinski definition) is 1. The van der Waals surface area contributed by atoms with Gasteiger partial charge in [-0.25, -0.2) is 0 Å². The van der Waals surface area contributed by atoms with Gasteiger partial charge in [-0.05, 0) is 38.1 Å². The summed E-state index contributed by atoms with van der Waals surface area (Å²) in [5.41, 5.74) is 1.97. The molecule has 2 heterocycles. The Kier molecular flexibility index (Phi) is 6.33. The third-order valence-electron chi connectivity index (χ3n) is 4.44. The number of aromatic nitrogens is 1. The summed E-state index contributed by atoms with van der Waals surface area (Å²) in [5, 5.41) is 6.62. The highest BCUT2D eigenvalue weighted by Gasteiger charge is 2.19. The van der Waals surface area contributed by atoms with Crippen molar-refractivity contribution in [3.63, 3.8) is 0 Å². The molecule has 2 amide bonds. The van der Waals surface area contributed by atoms with Gasteiger partial charge < -0.3 is 23.9 Å². The summed E-state index contributed by atoms with van der Waals surface area (Å²) < 4.78 is 16.2. The standard InChI is InChI=1S/C21H23N3O5/c1-14-18(15(2)29-23-14)13-28-19-9-5-4-8-17(19)21(26)24(3)12-20(25)22-11-16-7-6-10-27-16/h4-10H,11-13H2,1-3H3,(H,22,25). The number of furan rings is 1. The lowest BCUT2D eigenvalue weighted by molar-refractivity contribution is -0.121. The average Bonchev–Trinajstić information content (AvgIpc) is 3.34. The first-order chi connectivity index (χ1) is 14.0. The maximum atomic E-state index is 12.8. The van der Waals surface area contributed by atoms with Crippen molar-refractivity contribution in [1.82, 2.24) is 15.4 Å². The van der Waals surface area contributed by atoms with Crippen LogP contribution in [0.5, 0.6) is 5.75 Å². The van der Waals surface area contributed by atoms with Crippen LogP contribution < -0.4 is 10.1 Å². The number of para-hydroxylation sites is 1. The van der Waals surface area contributed by atoms with Gasteiger partial charge in [0.1, 0.15) is 23.9 Å². The van der Waals surface area contributed by atoms with Crippen LogP contribution in [0.4, 0.5) is 0 Å². The van der Waals surface area contributed by atoms with Gasteiger partial charge in [0.15, 0.2) is 0 Å². The Morgan fingerprint density at radius 1 is 1.17 bits per heavy atom. The van der Waals surface area contributed by atoms with Gasteiger partial charge in [-0.15, -0.1) is 0 Å². The van der Waals surface area contributed by atoms with E-state index >= 15 is 0 Å². The molecule has 0 aliphatic heterocycles. The van der Waals surface area contributed by atoms with Crippen LogP contribution in [0.15, 0.2) is 51.6 Å². The van der Waals surface area contributed by atoms with Gasteiger partial charge in [0.2, 0.25) is 5.91 Å². The van der Waals surface area contributed by atoms with E-state index in [1.54, 1.807) is 43.4 Å². The quantitative estimate of drug-likeness (QED) is 0.628. The monoisotopic (exact) mass is 397 g/mol. The van der Waals surface area contributed by atoms with Crippen molar-refractivity contribution in [3.8, 4) is 5.75 Å². The second kappa shape index (κ2) is 9.09. The first kappa shape index (κ1) is 20.2. The number of amides is 2. The first-order valence-corrected chi connectivity index (χ1v) is 9.14. The smallest absolute Gasteiger partial charge is 0.257 e. The van der Waals surface area contributed by atoms with E-state index in [9.17, 15) is 9.59 Å². The molecule has 0 aliphatic carbocycles. The third kappa shape index (κ3) is 5.04. The molecule has 0 bridgehead atoms. The summed E-state index contributed by atoms with van der Waals surface area (Å²) in [7, 11) is 1.57. The molecule has 0 aliphatic rings. The van der Waals surface area contributed by atoms with Crippen LogP contribution in [0.3, 0.4) is 0 Å². The minimum absolute atomic E-state index is 0.0856. The number of nitrogens with one attached hydrogen (secondary N) is 1. The maximum absolute atomic E-state index is 12.8.